The van der Waals surface area contributed by atoms with E-state index in [0.717, 1.165) is 50.1 Å². The van der Waals surface area contributed by atoms with Crippen molar-refractivity contribution in [1.82, 2.24) is 15.0 Å². The van der Waals surface area contributed by atoms with Gasteiger partial charge >= 0.3 is 0 Å². The first-order valence-electron chi connectivity index (χ1n) is 8.81. The van der Waals surface area contributed by atoms with Crippen molar-refractivity contribution < 1.29 is 9.47 Å². The van der Waals surface area contributed by atoms with Crippen LogP contribution < -0.4 is 9.47 Å². The molecular formula is C21H17N3O2S. The van der Waals surface area contributed by atoms with E-state index in [0.29, 0.717) is 0 Å². The maximum absolute atomic E-state index is 5.55. The first-order chi connectivity index (χ1) is 13.3. The van der Waals surface area contributed by atoms with Gasteiger partial charge in [0.15, 0.2) is 11.5 Å². The largest absolute Gasteiger partial charge is 0.454 e. The smallest absolute Gasteiger partial charge is 0.231 e. The second-order valence-electron chi connectivity index (χ2n) is 6.26. The normalized spacial score (nSPS) is 12.6. The second kappa shape index (κ2) is 6.63. The number of aromatic amines is 1. The minimum atomic E-state index is 0.266. The highest BCUT2D eigenvalue weighted by Gasteiger charge is 2.19. The molecule has 0 atom stereocenters. The number of nitrogens with zero attached hydrogens (tertiary/aromatic N) is 2. The Bertz CT molecular complexity index is 1120. The summed E-state index contributed by atoms with van der Waals surface area (Å²) in [5.74, 6) is 1.54. The molecule has 4 aromatic rings. The molecule has 0 amide bonds. The summed E-state index contributed by atoms with van der Waals surface area (Å²) in [6.07, 6.45) is 4.72. The topological polar surface area (TPSA) is 60.0 Å². The number of ether oxygens (including phenoxy) is 2. The van der Waals surface area contributed by atoms with Crippen LogP contribution in [0.3, 0.4) is 0 Å². The van der Waals surface area contributed by atoms with Crippen LogP contribution in [0.4, 0.5) is 0 Å². The first-order valence-corrected chi connectivity index (χ1v) is 9.63. The van der Waals surface area contributed by atoms with E-state index in [9.17, 15) is 0 Å². The molecule has 3 aromatic heterocycles. The highest BCUT2D eigenvalue weighted by molar-refractivity contribution is 7.99. The lowest BCUT2D eigenvalue weighted by atomic mass is 10.1. The molecule has 134 valence electrons. The van der Waals surface area contributed by atoms with E-state index < -0.39 is 0 Å². The molecular weight excluding hydrogens is 358 g/mol. The lowest BCUT2D eigenvalue weighted by molar-refractivity contribution is 0.174. The third-order valence-electron chi connectivity index (χ3n) is 4.60. The number of rotatable bonds is 4. The Morgan fingerprint density at radius 1 is 1.07 bits per heavy atom. The number of H-pyrrole nitrogens is 1. The SMILES string of the molecule is CCc1ccc(Sc2c(-c3ccc4c(c3)OCO4)[nH]c3ncccc23)nc1. The molecule has 0 radical (unpaired) electrons. The number of benzene rings is 1. The van der Waals surface area contributed by atoms with Crippen LogP contribution in [0.15, 0.2) is 64.8 Å². The van der Waals surface area contributed by atoms with Gasteiger partial charge in [-0.1, -0.05) is 24.8 Å². The minimum Gasteiger partial charge on any atom is -0.454 e. The van der Waals surface area contributed by atoms with Gasteiger partial charge in [-0.05, 0) is 48.4 Å². The number of fused-ring (bicyclic) bond motifs is 2. The molecule has 1 aliphatic rings. The summed E-state index contributed by atoms with van der Waals surface area (Å²) >= 11 is 1.64. The fraction of sp³-hybridized carbons (Fsp3) is 0.143. The summed E-state index contributed by atoms with van der Waals surface area (Å²) < 4.78 is 11.0. The number of pyridine rings is 2. The highest BCUT2D eigenvalue weighted by atomic mass is 32.2. The van der Waals surface area contributed by atoms with Crippen LogP contribution in [0.5, 0.6) is 11.5 Å². The van der Waals surface area contributed by atoms with Gasteiger partial charge in [0, 0.05) is 28.2 Å². The first kappa shape index (κ1) is 16.2. The molecule has 0 aliphatic carbocycles. The van der Waals surface area contributed by atoms with Crippen LogP contribution in [-0.4, -0.2) is 21.7 Å². The van der Waals surface area contributed by atoms with Gasteiger partial charge in [0.25, 0.3) is 0 Å². The number of nitrogens with one attached hydrogen (secondary N) is 1. The Morgan fingerprint density at radius 2 is 2.00 bits per heavy atom. The predicted molar refractivity (Wildman–Crippen MR) is 105 cm³/mol. The Hall–Kier alpha value is -2.99. The lowest BCUT2D eigenvalue weighted by Gasteiger charge is -2.06. The molecule has 0 saturated heterocycles. The molecule has 0 spiro atoms. The molecule has 0 saturated carbocycles. The Kier molecular flexibility index (Phi) is 3.98. The molecule has 0 bridgehead atoms. The average Bonchev–Trinajstić information content (AvgIpc) is 3.33. The van der Waals surface area contributed by atoms with E-state index in [1.807, 2.05) is 30.5 Å². The van der Waals surface area contributed by atoms with Crippen LogP contribution in [0.2, 0.25) is 0 Å². The zero-order valence-corrected chi connectivity index (χ0v) is 15.5. The van der Waals surface area contributed by atoms with Gasteiger partial charge in [0.05, 0.1) is 5.69 Å². The predicted octanol–water partition coefficient (Wildman–Crippen LogP) is 5.07. The summed E-state index contributed by atoms with van der Waals surface area (Å²) in [5.41, 5.74) is 4.13. The van der Waals surface area contributed by atoms with Gasteiger partial charge in [0.1, 0.15) is 10.7 Å². The molecule has 5 nitrogen and oxygen atoms in total. The fourth-order valence-electron chi connectivity index (χ4n) is 3.14. The van der Waals surface area contributed by atoms with E-state index in [1.165, 1.54) is 5.56 Å². The van der Waals surface area contributed by atoms with E-state index in [4.69, 9.17) is 9.47 Å². The van der Waals surface area contributed by atoms with Gasteiger partial charge in [-0.15, -0.1) is 0 Å². The number of aromatic nitrogens is 3. The van der Waals surface area contributed by atoms with E-state index >= 15 is 0 Å². The maximum Gasteiger partial charge on any atom is 0.231 e. The highest BCUT2D eigenvalue weighted by Crippen LogP contribution is 2.43. The quantitative estimate of drug-likeness (QED) is 0.540. The monoisotopic (exact) mass is 375 g/mol. The van der Waals surface area contributed by atoms with Crippen molar-refractivity contribution in [1.29, 1.82) is 0 Å². The third-order valence-corrected chi connectivity index (χ3v) is 5.68. The molecule has 5 rings (SSSR count). The molecule has 6 heteroatoms. The van der Waals surface area contributed by atoms with Crippen molar-refractivity contribution in [2.24, 2.45) is 0 Å². The Balaban J connectivity index is 1.62. The Morgan fingerprint density at radius 3 is 2.85 bits per heavy atom. The number of aryl methyl sites for hydroxylation is 1. The van der Waals surface area contributed by atoms with Crippen molar-refractivity contribution in [3.05, 3.63) is 60.4 Å². The number of hydrogen-bond donors (Lipinski definition) is 1. The van der Waals surface area contributed by atoms with Crippen LogP contribution in [0.25, 0.3) is 22.3 Å². The van der Waals surface area contributed by atoms with Crippen LogP contribution in [0.1, 0.15) is 12.5 Å². The zero-order chi connectivity index (χ0) is 18.2. The summed E-state index contributed by atoms with van der Waals surface area (Å²) in [5, 5.41) is 2.04. The zero-order valence-electron chi connectivity index (χ0n) is 14.7. The summed E-state index contributed by atoms with van der Waals surface area (Å²) in [7, 11) is 0. The molecule has 0 fully saturated rings. The van der Waals surface area contributed by atoms with Gasteiger partial charge in [-0.3, -0.25) is 0 Å². The maximum atomic E-state index is 5.55. The van der Waals surface area contributed by atoms with Crippen molar-refractivity contribution in [3.63, 3.8) is 0 Å². The third kappa shape index (κ3) is 2.92. The lowest BCUT2D eigenvalue weighted by Crippen LogP contribution is -1.92. The van der Waals surface area contributed by atoms with Crippen LogP contribution in [0, 0.1) is 0 Å². The number of hydrogen-bond acceptors (Lipinski definition) is 5. The molecule has 4 heterocycles. The van der Waals surface area contributed by atoms with E-state index in [2.05, 4.69) is 40.1 Å². The van der Waals surface area contributed by atoms with Crippen molar-refractivity contribution in [2.75, 3.05) is 6.79 Å². The van der Waals surface area contributed by atoms with E-state index in [-0.39, 0.29) is 6.79 Å². The van der Waals surface area contributed by atoms with E-state index in [1.54, 1.807) is 18.0 Å². The molecule has 0 unspecified atom stereocenters. The second-order valence-corrected chi connectivity index (χ2v) is 7.29. The summed E-state index contributed by atoms with van der Waals surface area (Å²) in [4.78, 5) is 13.7. The van der Waals surface area contributed by atoms with Gasteiger partial charge in [0.2, 0.25) is 6.79 Å². The fourth-order valence-corrected chi connectivity index (χ4v) is 4.14. The van der Waals surface area contributed by atoms with Crippen LogP contribution in [-0.2, 0) is 6.42 Å². The summed E-state index contributed by atoms with van der Waals surface area (Å²) in [6, 6.07) is 14.2. The minimum absolute atomic E-state index is 0.266. The van der Waals surface area contributed by atoms with Crippen molar-refractivity contribution >= 4 is 22.8 Å². The molecule has 27 heavy (non-hydrogen) atoms. The van der Waals surface area contributed by atoms with Crippen LogP contribution >= 0.6 is 11.8 Å². The molecule has 1 aromatic carbocycles. The summed E-state index contributed by atoms with van der Waals surface area (Å²) in [6.45, 7) is 2.40. The Labute approximate surface area is 160 Å². The average molecular weight is 375 g/mol. The van der Waals surface area contributed by atoms with Crippen molar-refractivity contribution in [2.45, 2.75) is 23.3 Å². The van der Waals surface area contributed by atoms with Crippen molar-refractivity contribution in [3.8, 4) is 22.8 Å². The van der Waals surface area contributed by atoms with Gasteiger partial charge in [-0.25, -0.2) is 9.97 Å². The van der Waals surface area contributed by atoms with Gasteiger partial charge < -0.3 is 14.5 Å². The van der Waals surface area contributed by atoms with Gasteiger partial charge in [-0.2, -0.15) is 0 Å². The standard InChI is InChI=1S/C21H17N3O2S/c1-2-13-5-8-18(23-11-13)27-20-15-4-3-9-22-21(15)24-19(20)14-6-7-16-17(10-14)26-12-25-16/h3-11H,2,12H2,1H3,(H,22,24). The molecule has 1 aliphatic heterocycles. The molecule has 1 N–H and O–H groups in total.